The second-order valence-electron chi connectivity index (χ2n) is 6.75. The van der Waals surface area contributed by atoms with Crippen LogP contribution in [0.4, 0.5) is 17.6 Å². The summed E-state index contributed by atoms with van der Waals surface area (Å²) in [5.41, 5.74) is -1.83. The van der Waals surface area contributed by atoms with Gasteiger partial charge in [0.05, 0.1) is 11.9 Å². The number of nitrogens with zero attached hydrogens (tertiary/aromatic N) is 4. The molecule has 2 heterocycles. The first-order chi connectivity index (χ1) is 16.0. The summed E-state index contributed by atoms with van der Waals surface area (Å²) in [7, 11) is 2.63. The van der Waals surface area contributed by atoms with Gasteiger partial charge in [0.2, 0.25) is 5.78 Å². The molecule has 0 atom stereocenters. The number of Topliss-reactive ketones (excluding diaryl/α,β-unsaturated/α-hetero) is 1. The summed E-state index contributed by atoms with van der Waals surface area (Å²) in [6.45, 7) is -8.07. The van der Waals surface area contributed by atoms with Gasteiger partial charge < -0.3 is 18.8 Å². The van der Waals surface area contributed by atoms with Crippen LogP contribution in [0.5, 0.6) is 11.5 Å². The van der Waals surface area contributed by atoms with Gasteiger partial charge >= 0.3 is 24.9 Å². The van der Waals surface area contributed by atoms with Crippen LogP contribution >= 0.6 is 0 Å². The number of fused-ring (bicyclic) bond motifs is 1. The summed E-state index contributed by atoms with van der Waals surface area (Å²) in [6.07, 6.45) is 1.13. The van der Waals surface area contributed by atoms with Crippen LogP contribution in [0.15, 0.2) is 34.1 Å². The summed E-state index contributed by atoms with van der Waals surface area (Å²) >= 11 is 0. The Morgan fingerprint density at radius 3 is 2.35 bits per heavy atom. The van der Waals surface area contributed by atoms with Crippen LogP contribution in [0.3, 0.4) is 0 Å². The molecule has 0 N–H and O–H groups in total. The highest BCUT2D eigenvalue weighted by Crippen LogP contribution is 2.28. The fraction of sp³-hybridized carbons (Fsp3) is 0.316. The molecule has 0 unspecified atom stereocenters. The molecule has 3 aromatic rings. The molecule has 0 aliphatic carbocycles. The highest BCUT2D eigenvalue weighted by molar-refractivity contribution is 6.00. The molecule has 0 radical (unpaired) electrons. The SMILES string of the molecule is Cn1c(=O)c2c(ncn2CC(=O)OCC(=O)c2ccc(OC(F)F)cc2OC(F)F)n(C)c1=O. The van der Waals surface area contributed by atoms with Crippen LogP contribution in [0.25, 0.3) is 11.2 Å². The van der Waals surface area contributed by atoms with Crippen molar-refractivity contribution in [2.45, 2.75) is 19.8 Å². The van der Waals surface area contributed by atoms with Crippen molar-refractivity contribution in [3.63, 3.8) is 0 Å². The minimum absolute atomic E-state index is 0.0249. The maximum absolute atomic E-state index is 12.7. The van der Waals surface area contributed by atoms with Gasteiger partial charge in [0.15, 0.2) is 17.8 Å². The molecule has 0 aliphatic heterocycles. The second kappa shape index (κ2) is 9.76. The Hall–Kier alpha value is -4.17. The Kier molecular flexibility index (Phi) is 7.03. The molecule has 0 spiro atoms. The fourth-order valence-corrected chi connectivity index (χ4v) is 3.03. The number of ether oxygens (including phenoxy) is 3. The zero-order valence-corrected chi connectivity index (χ0v) is 17.5. The van der Waals surface area contributed by atoms with E-state index in [9.17, 15) is 36.7 Å². The lowest BCUT2D eigenvalue weighted by molar-refractivity contribution is -0.143. The number of halogens is 4. The fourth-order valence-electron chi connectivity index (χ4n) is 3.03. The van der Waals surface area contributed by atoms with Crippen molar-refractivity contribution in [1.82, 2.24) is 18.7 Å². The summed E-state index contributed by atoms with van der Waals surface area (Å²) in [4.78, 5) is 52.9. The Morgan fingerprint density at radius 1 is 1.03 bits per heavy atom. The van der Waals surface area contributed by atoms with E-state index < -0.39 is 66.4 Å². The average molecular weight is 488 g/mol. The number of benzene rings is 1. The molecule has 11 nitrogen and oxygen atoms in total. The largest absolute Gasteiger partial charge is 0.456 e. The number of alkyl halides is 4. The lowest BCUT2D eigenvalue weighted by Crippen LogP contribution is -2.37. The highest BCUT2D eigenvalue weighted by atomic mass is 19.3. The van der Waals surface area contributed by atoms with Crippen molar-refractivity contribution < 1.29 is 41.4 Å². The number of carbonyl (C=O) groups is 2. The lowest BCUT2D eigenvalue weighted by atomic mass is 10.1. The second-order valence-corrected chi connectivity index (χ2v) is 6.75. The van der Waals surface area contributed by atoms with E-state index in [2.05, 4.69) is 14.5 Å². The Bertz CT molecular complexity index is 1360. The van der Waals surface area contributed by atoms with Gasteiger partial charge in [-0.25, -0.2) is 9.78 Å². The number of hydrogen-bond acceptors (Lipinski definition) is 8. The number of ketones is 1. The third kappa shape index (κ3) is 5.07. The molecule has 0 fully saturated rings. The maximum atomic E-state index is 12.7. The van der Waals surface area contributed by atoms with Crippen molar-refractivity contribution >= 4 is 22.9 Å². The molecule has 0 amide bonds. The van der Waals surface area contributed by atoms with E-state index in [1.165, 1.54) is 14.1 Å². The quantitative estimate of drug-likeness (QED) is 0.249. The molecule has 0 saturated carbocycles. The van der Waals surface area contributed by atoms with Gasteiger partial charge in [-0.15, -0.1) is 0 Å². The van der Waals surface area contributed by atoms with Crippen LogP contribution in [-0.2, 0) is 30.2 Å². The molecule has 3 rings (SSSR count). The summed E-state index contributed by atoms with van der Waals surface area (Å²) < 4.78 is 66.2. The van der Waals surface area contributed by atoms with Gasteiger partial charge in [-0.1, -0.05) is 0 Å². The van der Waals surface area contributed by atoms with E-state index in [1.807, 2.05) is 0 Å². The first-order valence-corrected chi connectivity index (χ1v) is 9.33. The van der Waals surface area contributed by atoms with Crippen LogP contribution in [0.2, 0.25) is 0 Å². The molecular weight excluding hydrogens is 472 g/mol. The van der Waals surface area contributed by atoms with Gasteiger partial charge in [0, 0.05) is 20.2 Å². The average Bonchev–Trinajstić information content (AvgIpc) is 3.17. The van der Waals surface area contributed by atoms with Crippen LogP contribution < -0.4 is 20.7 Å². The topological polar surface area (TPSA) is 124 Å². The monoisotopic (exact) mass is 488 g/mol. The van der Waals surface area contributed by atoms with Crippen molar-refractivity contribution in [3.05, 3.63) is 50.9 Å². The predicted octanol–water partition coefficient (Wildman–Crippen LogP) is 1.06. The molecular formula is C19H16F4N4O7. The van der Waals surface area contributed by atoms with Crippen molar-refractivity contribution in [1.29, 1.82) is 0 Å². The first kappa shape index (κ1) is 24.5. The number of esters is 1. The molecule has 15 heteroatoms. The Balaban J connectivity index is 1.75. The van der Waals surface area contributed by atoms with Crippen LogP contribution in [-0.4, -0.2) is 50.3 Å². The number of rotatable bonds is 9. The van der Waals surface area contributed by atoms with Crippen molar-refractivity contribution in [2.75, 3.05) is 6.61 Å². The van der Waals surface area contributed by atoms with Crippen LogP contribution in [0, 0.1) is 0 Å². The summed E-state index contributed by atoms with van der Waals surface area (Å²) in [5, 5.41) is 0. The van der Waals surface area contributed by atoms with Gasteiger partial charge in [-0.2, -0.15) is 17.6 Å². The minimum Gasteiger partial charge on any atom is -0.456 e. The number of aryl methyl sites for hydroxylation is 1. The number of hydrogen-bond donors (Lipinski definition) is 0. The van der Waals surface area contributed by atoms with Gasteiger partial charge in [-0.3, -0.25) is 23.5 Å². The van der Waals surface area contributed by atoms with Gasteiger partial charge in [0.1, 0.15) is 18.0 Å². The lowest BCUT2D eigenvalue weighted by Gasteiger charge is -2.13. The zero-order chi connectivity index (χ0) is 25.2. The molecule has 34 heavy (non-hydrogen) atoms. The van der Waals surface area contributed by atoms with E-state index in [1.54, 1.807) is 0 Å². The summed E-state index contributed by atoms with van der Waals surface area (Å²) in [5.74, 6) is -3.24. The maximum Gasteiger partial charge on any atom is 0.387 e. The Morgan fingerprint density at radius 2 is 1.71 bits per heavy atom. The van der Waals surface area contributed by atoms with Gasteiger partial charge in [0.25, 0.3) is 5.56 Å². The van der Waals surface area contributed by atoms with E-state index >= 15 is 0 Å². The minimum atomic E-state index is -3.37. The van der Waals surface area contributed by atoms with Crippen LogP contribution in [0.1, 0.15) is 10.4 Å². The number of imidazole rings is 1. The molecule has 2 aromatic heterocycles. The molecule has 0 aliphatic rings. The van der Waals surface area contributed by atoms with E-state index in [4.69, 9.17) is 4.74 Å². The number of carbonyl (C=O) groups excluding carboxylic acids is 2. The first-order valence-electron chi connectivity index (χ1n) is 9.33. The highest BCUT2D eigenvalue weighted by Gasteiger charge is 2.21. The predicted molar refractivity (Wildman–Crippen MR) is 105 cm³/mol. The number of aromatic nitrogens is 4. The van der Waals surface area contributed by atoms with E-state index in [-0.39, 0.29) is 11.2 Å². The zero-order valence-electron chi connectivity index (χ0n) is 17.5. The van der Waals surface area contributed by atoms with Crippen molar-refractivity contribution in [3.8, 4) is 11.5 Å². The standard InChI is InChI=1S/C19H16F4N4O7/c1-25-15-14(16(30)26(2)19(25)31)27(8-24-15)6-13(29)32-7-11(28)10-4-3-9(33-17(20)21)5-12(10)34-18(22)23/h3-5,8,17-18H,6-7H2,1-2H3. The smallest absolute Gasteiger partial charge is 0.387 e. The molecule has 182 valence electrons. The molecule has 1 aromatic carbocycles. The normalized spacial score (nSPS) is 11.3. The third-order valence-corrected chi connectivity index (χ3v) is 4.58. The Labute approximate surface area is 186 Å². The molecule has 0 bridgehead atoms. The van der Waals surface area contributed by atoms with E-state index in [0.717, 1.165) is 32.2 Å². The van der Waals surface area contributed by atoms with Crippen molar-refractivity contribution in [2.24, 2.45) is 14.1 Å². The van der Waals surface area contributed by atoms with Gasteiger partial charge in [-0.05, 0) is 12.1 Å². The third-order valence-electron chi connectivity index (χ3n) is 4.58. The summed E-state index contributed by atoms with van der Waals surface area (Å²) in [6, 6.07) is 2.50. The molecule has 0 saturated heterocycles. The van der Waals surface area contributed by atoms with E-state index in [0.29, 0.717) is 6.07 Å².